The lowest BCUT2D eigenvalue weighted by molar-refractivity contribution is -0.128. The smallest absolute Gasteiger partial charge is 0.335 e. The van der Waals surface area contributed by atoms with Crippen LogP contribution < -0.4 is 20.0 Å². The quantitative estimate of drug-likeness (QED) is 0.143. The Morgan fingerprint density at radius 3 is 2.19 bits per heavy atom. The molecule has 8 nitrogen and oxygen atoms in total. The lowest BCUT2D eigenvalue weighted by Crippen LogP contribution is -2.45. The van der Waals surface area contributed by atoms with Gasteiger partial charge in [0.25, 0.3) is 0 Å². The number of hydrogen-bond donors (Lipinski definition) is 2. The molecule has 0 aliphatic heterocycles. The summed E-state index contributed by atoms with van der Waals surface area (Å²) >= 11 is 13.6. The fourth-order valence-electron chi connectivity index (χ4n) is 8.98. The summed E-state index contributed by atoms with van der Waals surface area (Å²) in [6.45, 7) is 4.47. The molecular formula is C42H44Cl2N2O6S. The zero-order valence-corrected chi connectivity index (χ0v) is 32.2. The van der Waals surface area contributed by atoms with Gasteiger partial charge in [0.2, 0.25) is 10.0 Å². The van der Waals surface area contributed by atoms with Crippen LogP contribution in [0.4, 0.5) is 0 Å². The Hall–Kier alpha value is -3.89. The number of ether oxygens (including phenoxy) is 1. The lowest BCUT2D eigenvalue weighted by atomic mass is 9.70. The van der Waals surface area contributed by atoms with E-state index in [0.717, 1.165) is 39.4 Å². The normalized spacial score (nSPS) is 21.2. The molecule has 3 aliphatic rings. The first-order valence-electron chi connectivity index (χ1n) is 18.1. The molecule has 3 aliphatic carbocycles. The third kappa shape index (κ3) is 7.21. The monoisotopic (exact) mass is 774 g/mol. The van der Waals surface area contributed by atoms with E-state index in [2.05, 4.69) is 39.6 Å². The van der Waals surface area contributed by atoms with Gasteiger partial charge in [-0.15, -0.1) is 0 Å². The summed E-state index contributed by atoms with van der Waals surface area (Å²) in [5.41, 5.74) is 2.89. The molecule has 0 spiro atoms. The molecule has 1 unspecified atom stereocenters. The molecule has 2 saturated carbocycles. The number of nitrogens with one attached hydrogen (secondary N) is 1. The van der Waals surface area contributed by atoms with Crippen LogP contribution in [0.25, 0.3) is 12.2 Å². The summed E-state index contributed by atoms with van der Waals surface area (Å²) in [6.07, 6.45) is 7.03. The maximum atomic E-state index is 13.8. The van der Waals surface area contributed by atoms with Crippen molar-refractivity contribution < 1.29 is 27.9 Å². The number of Topliss-reactive ketones (excluding diaryl/α,β-unsaturated/α-hetero) is 1. The Bertz CT molecular complexity index is 2210. The standard InChI is InChI=1S/C42H44Cl2N2O6S/c1-40(2)31-17-21-41(40,37(47)25-31)27-53(50,51)45-23-19-36-33(20-24-52-32-15-13-30(14-16-32)39(48)49)34-26-42(43,44)22-18-35(34)46(36)38(28-9-5-3-6-10-28)29-11-7-4-8-12-29/h3-16,18,26,31,38,45H,17,19-25,27H2,1-2H3,(H,48,49)/t31?,41-/m1/s1. The molecule has 11 heteroatoms. The largest absolute Gasteiger partial charge is 0.493 e. The van der Waals surface area contributed by atoms with Crippen molar-refractivity contribution in [1.82, 2.24) is 9.29 Å². The van der Waals surface area contributed by atoms with Crippen LogP contribution in [0.3, 0.4) is 0 Å². The van der Waals surface area contributed by atoms with Gasteiger partial charge in [0, 0.05) is 53.9 Å². The van der Waals surface area contributed by atoms with Crippen LogP contribution in [0.5, 0.6) is 5.75 Å². The highest BCUT2D eigenvalue weighted by Crippen LogP contribution is 2.64. The first-order chi connectivity index (χ1) is 25.2. The lowest BCUT2D eigenvalue weighted by Gasteiger charge is -2.36. The van der Waals surface area contributed by atoms with Crippen LogP contribution >= 0.6 is 23.2 Å². The van der Waals surface area contributed by atoms with Crippen molar-refractivity contribution in [3.63, 3.8) is 0 Å². The second-order valence-corrected chi connectivity index (χ2v) is 18.5. The molecule has 1 heterocycles. The summed E-state index contributed by atoms with van der Waals surface area (Å²) in [5.74, 6) is -0.409. The number of aromatic nitrogens is 1. The molecule has 0 saturated heterocycles. The first-order valence-corrected chi connectivity index (χ1v) is 20.5. The van der Waals surface area contributed by atoms with E-state index < -0.39 is 25.7 Å². The number of carbonyl (C=O) groups excluding carboxylic acids is 1. The van der Waals surface area contributed by atoms with Gasteiger partial charge in [0.05, 0.1) is 24.0 Å². The first kappa shape index (κ1) is 37.4. The van der Waals surface area contributed by atoms with Crippen LogP contribution in [0.1, 0.15) is 78.3 Å². The minimum absolute atomic E-state index is 0.0656. The molecule has 1 aromatic heterocycles. The third-order valence-corrected chi connectivity index (χ3v) is 13.9. The van der Waals surface area contributed by atoms with Gasteiger partial charge in [-0.2, -0.15) is 0 Å². The van der Waals surface area contributed by atoms with Crippen molar-refractivity contribution in [3.8, 4) is 5.75 Å². The minimum atomic E-state index is -3.82. The number of hydrogen-bond acceptors (Lipinski definition) is 5. The van der Waals surface area contributed by atoms with E-state index in [-0.39, 0.29) is 47.6 Å². The number of carbonyl (C=O) groups is 2. The fourth-order valence-corrected chi connectivity index (χ4v) is 11.2. The third-order valence-electron chi connectivity index (χ3n) is 11.9. The fraction of sp³-hybridized carbons (Fsp3) is 0.381. The number of carboxylic acid groups (broad SMARTS) is 1. The van der Waals surface area contributed by atoms with E-state index in [1.165, 1.54) is 12.1 Å². The average molecular weight is 776 g/mol. The molecule has 278 valence electrons. The van der Waals surface area contributed by atoms with Crippen molar-refractivity contribution in [2.75, 3.05) is 18.9 Å². The van der Waals surface area contributed by atoms with Gasteiger partial charge >= 0.3 is 5.97 Å². The number of nitrogens with zero attached hydrogens (tertiary/aromatic N) is 1. The van der Waals surface area contributed by atoms with Gasteiger partial charge < -0.3 is 14.4 Å². The molecule has 2 atom stereocenters. The Labute approximate surface area is 320 Å². The van der Waals surface area contributed by atoms with Crippen LogP contribution in [0.2, 0.25) is 0 Å². The Balaban J connectivity index is 1.28. The second-order valence-electron chi connectivity index (χ2n) is 15.1. The maximum absolute atomic E-state index is 13.8. The number of rotatable bonds is 14. The van der Waals surface area contributed by atoms with E-state index in [1.807, 2.05) is 56.3 Å². The molecule has 0 radical (unpaired) electrons. The highest BCUT2D eigenvalue weighted by atomic mass is 35.5. The number of carboxylic acids is 1. The maximum Gasteiger partial charge on any atom is 0.335 e. The van der Waals surface area contributed by atoms with Crippen LogP contribution in [0, 0.1) is 16.7 Å². The highest BCUT2D eigenvalue weighted by molar-refractivity contribution is 7.89. The van der Waals surface area contributed by atoms with Crippen molar-refractivity contribution in [2.45, 2.75) is 62.7 Å². The van der Waals surface area contributed by atoms with Gasteiger partial charge in [0.1, 0.15) is 15.9 Å². The summed E-state index contributed by atoms with van der Waals surface area (Å²) in [7, 11) is -3.82. The number of alkyl halides is 2. The Morgan fingerprint density at radius 2 is 1.62 bits per heavy atom. The summed E-state index contributed by atoms with van der Waals surface area (Å²) < 4.78 is 37.8. The van der Waals surface area contributed by atoms with E-state index >= 15 is 0 Å². The van der Waals surface area contributed by atoms with Crippen LogP contribution in [-0.2, 0) is 27.7 Å². The molecule has 4 aromatic rings. The molecule has 2 fully saturated rings. The predicted octanol–water partition coefficient (Wildman–Crippen LogP) is 6.44. The molecule has 2 N–H and O–H groups in total. The second kappa shape index (κ2) is 14.4. The summed E-state index contributed by atoms with van der Waals surface area (Å²) in [6, 6.07) is 26.4. The molecular weight excluding hydrogens is 731 g/mol. The topological polar surface area (TPSA) is 115 Å². The highest BCUT2D eigenvalue weighted by Gasteiger charge is 2.65. The number of ketones is 1. The van der Waals surface area contributed by atoms with E-state index in [4.69, 9.17) is 27.9 Å². The summed E-state index contributed by atoms with van der Waals surface area (Å²) in [5, 5.41) is 11.1. The van der Waals surface area contributed by atoms with Gasteiger partial charge in [-0.25, -0.2) is 17.9 Å². The number of benzene rings is 3. The van der Waals surface area contributed by atoms with E-state index in [1.54, 1.807) is 12.1 Å². The number of fused-ring (bicyclic) bond motifs is 3. The van der Waals surface area contributed by atoms with Crippen molar-refractivity contribution in [3.05, 3.63) is 123 Å². The molecule has 3 aromatic carbocycles. The zero-order valence-electron chi connectivity index (χ0n) is 29.9. The molecule has 53 heavy (non-hydrogen) atoms. The van der Waals surface area contributed by atoms with E-state index in [9.17, 15) is 23.1 Å². The molecule has 0 amide bonds. The predicted molar refractivity (Wildman–Crippen MR) is 208 cm³/mol. The van der Waals surface area contributed by atoms with Gasteiger partial charge in [0.15, 0.2) is 0 Å². The van der Waals surface area contributed by atoms with Crippen molar-refractivity contribution in [2.24, 2.45) is 16.7 Å². The number of sulfonamides is 1. The zero-order chi connectivity index (χ0) is 37.6. The number of aromatic carboxylic acids is 1. The van der Waals surface area contributed by atoms with Crippen LogP contribution in [-0.4, -0.2) is 53.1 Å². The van der Waals surface area contributed by atoms with Gasteiger partial charge in [-0.3, -0.25) is 4.79 Å². The Morgan fingerprint density at radius 1 is 0.981 bits per heavy atom. The van der Waals surface area contributed by atoms with Crippen LogP contribution in [0.15, 0.2) is 84.9 Å². The van der Waals surface area contributed by atoms with Gasteiger partial charge in [-0.1, -0.05) is 104 Å². The number of halogens is 2. The average Bonchev–Trinajstić information content (AvgIpc) is 3.61. The minimum Gasteiger partial charge on any atom is -0.493 e. The van der Waals surface area contributed by atoms with Crippen molar-refractivity contribution >= 4 is 57.1 Å². The molecule has 7 rings (SSSR count). The Kier molecular flexibility index (Phi) is 10.2. The molecule has 2 bridgehead atoms. The van der Waals surface area contributed by atoms with Crippen molar-refractivity contribution in [1.29, 1.82) is 0 Å². The SMILES string of the molecule is CC1(C)C2CC[C@@]1(CS(=O)(=O)NCCc1c(CCOc3ccc(C(=O)O)cc3)c3c(n1C(c1ccccc1)c1ccccc1)=CCC(Cl)(Cl)C=3)C(=O)C2. The van der Waals surface area contributed by atoms with E-state index in [0.29, 0.717) is 37.9 Å². The van der Waals surface area contributed by atoms with Gasteiger partial charge in [-0.05, 0) is 71.2 Å². The summed E-state index contributed by atoms with van der Waals surface area (Å²) in [4.78, 5) is 24.6.